The Morgan fingerprint density at radius 2 is 2.00 bits per heavy atom. The molecule has 1 aliphatic rings. The predicted molar refractivity (Wildman–Crippen MR) is 101 cm³/mol. The van der Waals surface area contributed by atoms with E-state index in [-0.39, 0.29) is 18.2 Å². The molecule has 2 aromatic rings. The normalized spacial score (nSPS) is 16.5. The molecule has 0 unspecified atom stereocenters. The number of para-hydroxylation sites is 2. The Bertz CT molecular complexity index is 911. The topological polar surface area (TPSA) is 75.7 Å². The molecular formula is C19H22N2O4S. The van der Waals surface area contributed by atoms with Crippen molar-refractivity contribution in [3.8, 4) is 5.75 Å². The number of rotatable bonds is 5. The van der Waals surface area contributed by atoms with Crippen LogP contribution in [0.5, 0.6) is 5.75 Å². The van der Waals surface area contributed by atoms with Crippen LogP contribution in [0.15, 0.2) is 48.5 Å². The highest BCUT2D eigenvalue weighted by Crippen LogP contribution is 2.35. The summed E-state index contributed by atoms with van der Waals surface area (Å²) in [5.74, 6) is 0.0164. The molecule has 1 N–H and O–H groups in total. The van der Waals surface area contributed by atoms with Crippen molar-refractivity contribution in [2.24, 2.45) is 0 Å². The number of hydrogen-bond donors (Lipinski definition) is 1. The van der Waals surface area contributed by atoms with Crippen LogP contribution in [0.2, 0.25) is 0 Å². The lowest BCUT2D eigenvalue weighted by molar-refractivity contribution is -0.127. The fourth-order valence-corrected chi connectivity index (χ4v) is 4.01. The van der Waals surface area contributed by atoms with E-state index >= 15 is 0 Å². The lowest BCUT2D eigenvalue weighted by Crippen LogP contribution is -2.50. The van der Waals surface area contributed by atoms with E-state index in [0.29, 0.717) is 18.0 Å². The molecule has 0 aromatic heterocycles. The quantitative estimate of drug-likeness (QED) is 0.871. The standard InChI is InChI=1S/C19H22N2O4S/c1-3-26(23,24)21-13-18(25-17-10-5-4-9-16(17)21)19(22)20-12-15-8-6-7-14(2)11-15/h4-11,18H,3,12-13H2,1-2H3,(H,20,22)/t18-/m0/s1. The van der Waals surface area contributed by atoms with E-state index < -0.39 is 16.1 Å². The van der Waals surface area contributed by atoms with Gasteiger partial charge in [0.2, 0.25) is 10.0 Å². The van der Waals surface area contributed by atoms with E-state index in [2.05, 4.69) is 5.32 Å². The van der Waals surface area contributed by atoms with E-state index in [9.17, 15) is 13.2 Å². The Balaban J connectivity index is 1.77. The number of sulfonamides is 1. The predicted octanol–water partition coefficient (Wildman–Crippen LogP) is 2.23. The number of carbonyl (C=O) groups is 1. The number of benzene rings is 2. The molecule has 0 saturated carbocycles. The van der Waals surface area contributed by atoms with Crippen LogP contribution in [0.25, 0.3) is 0 Å². The van der Waals surface area contributed by atoms with Crippen molar-refractivity contribution in [3.05, 3.63) is 59.7 Å². The second kappa shape index (κ2) is 7.37. The minimum atomic E-state index is -3.50. The average molecular weight is 374 g/mol. The number of aryl methyl sites for hydroxylation is 1. The minimum Gasteiger partial charge on any atom is -0.476 e. The first-order chi connectivity index (χ1) is 12.4. The van der Waals surface area contributed by atoms with Gasteiger partial charge in [-0.25, -0.2) is 8.42 Å². The molecule has 138 valence electrons. The first-order valence-electron chi connectivity index (χ1n) is 8.50. The molecule has 0 saturated heterocycles. The molecule has 1 heterocycles. The fourth-order valence-electron chi connectivity index (χ4n) is 2.88. The maximum absolute atomic E-state index is 12.6. The Labute approximate surface area is 153 Å². The number of nitrogens with one attached hydrogen (secondary N) is 1. The van der Waals surface area contributed by atoms with Gasteiger partial charge in [-0.1, -0.05) is 42.0 Å². The summed E-state index contributed by atoms with van der Waals surface area (Å²) in [5.41, 5.74) is 2.56. The smallest absolute Gasteiger partial charge is 0.263 e. The minimum absolute atomic E-state index is 0.0349. The lowest BCUT2D eigenvalue weighted by atomic mass is 10.1. The maximum Gasteiger partial charge on any atom is 0.263 e. The van der Waals surface area contributed by atoms with E-state index in [1.165, 1.54) is 4.31 Å². The number of hydrogen-bond acceptors (Lipinski definition) is 4. The van der Waals surface area contributed by atoms with Crippen LogP contribution in [0, 0.1) is 6.92 Å². The number of anilines is 1. The molecule has 26 heavy (non-hydrogen) atoms. The first-order valence-corrected chi connectivity index (χ1v) is 10.1. The van der Waals surface area contributed by atoms with Gasteiger partial charge in [-0.15, -0.1) is 0 Å². The zero-order valence-corrected chi connectivity index (χ0v) is 15.6. The number of fused-ring (bicyclic) bond motifs is 1. The Morgan fingerprint density at radius 1 is 1.23 bits per heavy atom. The third-order valence-electron chi connectivity index (χ3n) is 4.28. The van der Waals surface area contributed by atoms with Gasteiger partial charge in [-0.3, -0.25) is 9.10 Å². The molecule has 0 bridgehead atoms. The average Bonchev–Trinajstić information content (AvgIpc) is 2.65. The molecule has 1 amide bonds. The number of carbonyl (C=O) groups excluding carboxylic acids is 1. The van der Waals surface area contributed by atoms with Gasteiger partial charge >= 0.3 is 0 Å². The first kappa shape index (κ1) is 18.3. The van der Waals surface area contributed by atoms with Gasteiger partial charge in [0.05, 0.1) is 18.0 Å². The van der Waals surface area contributed by atoms with Crippen molar-refractivity contribution in [2.45, 2.75) is 26.5 Å². The van der Waals surface area contributed by atoms with Crippen LogP contribution in [0.4, 0.5) is 5.69 Å². The van der Waals surface area contributed by atoms with Crippen molar-refractivity contribution in [3.63, 3.8) is 0 Å². The van der Waals surface area contributed by atoms with Crippen LogP contribution in [0.3, 0.4) is 0 Å². The Morgan fingerprint density at radius 3 is 2.73 bits per heavy atom. The zero-order chi connectivity index (χ0) is 18.7. The van der Waals surface area contributed by atoms with Crippen molar-refractivity contribution < 1.29 is 17.9 Å². The van der Waals surface area contributed by atoms with E-state index in [1.54, 1.807) is 31.2 Å². The van der Waals surface area contributed by atoms with Gasteiger partial charge < -0.3 is 10.1 Å². The second-order valence-electron chi connectivity index (χ2n) is 6.21. The largest absolute Gasteiger partial charge is 0.476 e. The molecule has 1 atom stereocenters. The summed E-state index contributed by atoms with van der Waals surface area (Å²) in [6, 6.07) is 14.7. The SMILES string of the molecule is CCS(=O)(=O)N1C[C@@H](C(=O)NCc2cccc(C)c2)Oc2ccccc21. The summed E-state index contributed by atoms with van der Waals surface area (Å²) >= 11 is 0. The van der Waals surface area contributed by atoms with Crippen molar-refractivity contribution in [1.29, 1.82) is 0 Å². The van der Waals surface area contributed by atoms with E-state index in [4.69, 9.17) is 4.74 Å². The highest BCUT2D eigenvalue weighted by atomic mass is 32.2. The molecule has 3 rings (SSSR count). The highest BCUT2D eigenvalue weighted by molar-refractivity contribution is 7.92. The number of ether oxygens (including phenoxy) is 1. The summed E-state index contributed by atoms with van der Waals surface area (Å²) in [6.45, 7) is 3.90. The Kier molecular flexibility index (Phi) is 5.18. The van der Waals surface area contributed by atoms with Gasteiger partial charge in [0.15, 0.2) is 6.10 Å². The summed E-state index contributed by atoms with van der Waals surface area (Å²) in [4.78, 5) is 12.6. The molecule has 2 aromatic carbocycles. The molecule has 0 radical (unpaired) electrons. The van der Waals surface area contributed by atoms with Crippen LogP contribution in [0.1, 0.15) is 18.1 Å². The fraction of sp³-hybridized carbons (Fsp3) is 0.316. The third kappa shape index (κ3) is 3.83. The molecule has 0 aliphatic carbocycles. The molecule has 7 heteroatoms. The van der Waals surface area contributed by atoms with Gasteiger partial charge in [-0.05, 0) is 31.5 Å². The third-order valence-corrected chi connectivity index (χ3v) is 6.02. The van der Waals surface area contributed by atoms with Crippen LogP contribution < -0.4 is 14.4 Å². The zero-order valence-electron chi connectivity index (χ0n) is 14.8. The van der Waals surface area contributed by atoms with Crippen LogP contribution >= 0.6 is 0 Å². The summed E-state index contributed by atoms with van der Waals surface area (Å²) in [5, 5.41) is 2.83. The monoisotopic (exact) mass is 374 g/mol. The molecule has 0 spiro atoms. The van der Waals surface area contributed by atoms with Crippen molar-refractivity contribution in [2.75, 3.05) is 16.6 Å². The van der Waals surface area contributed by atoms with Gasteiger partial charge in [-0.2, -0.15) is 0 Å². The van der Waals surface area contributed by atoms with Gasteiger partial charge in [0, 0.05) is 6.54 Å². The maximum atomic E-state index is 12.6. The summed E-state index contributed by atoms with van der Waals surface area (Å²) < 4.78 is 31.9. The van der Waals surface area contributed by atoms with Crippen LogP contribution in [-0.2, 0) is 21.4 Å². The summed E-state index contributed by atoms with van der Waals surface area (Å²) in [6.07, 6.45) is -0.893. The number of nitrogens with zero attached hydrogens (tertiary/aromatic N) is 1. The second-order valence-corrected chi connectivity index (χ2v) is 8.39. The molecular weight excluding hydrogens is 352 g/mol. The number of amides is 1. The van der Waals surface area contributed by atoms with E-state index in [0.717, 1.165) is 11.1 Å². The molecule has 6 nitrogen and oxygen atoms in total. The van der Waals surface area contributed by atoms with Gasteiger partial charge in [0.1, 0.15) is 5.75 Å². The lowest BCUT2D eigenvalue weighted by Gasteiger charge is -2.34. The van der Waals surface area contributed by atoms with Crippen molar-refractivity contribution >= 4 is 21.6 Å². The molecule has 0 fully saturated rings. The highest BCUT2D eigenvalue weighted by Gasteiger charge is 2.35. The van der Waals surface area contributed by atoms with Crippen molar-refractivity contribution in [1.82, 2.24) is 5.32 Å². The van der Waals surface area contributed by atoms with Crippen LogP contribution in [-0.4, -0.2) is 32.7 Å². The Hall–Kier alpha value is -2.54. The van der Waals surface area contributed by atoms with Gasteiger partial charge in [0.25, 0.3) is 5.91 Å². The molecule has 1 aliphatic heterocycles. The summed E-state index contributed by atoms with van der Waals surface area (Å²) in [7, 11) is -3.50. The van der Waals surface area contributed by atoms with E-state index in [1.807, 2.05) is 31.2 Å².